The lowest BCUT2D eigenvalue weighted by Gasteiger charge is -2.22. The van der Waals surface area contributed by atoms with Gasteiger partial charge in [0.1, 0.15) is 5.50 Å². The van der Waals surface area contributed by atoms with Crippen molar-refractivity contribution in [2.45, 2.75) is 15.1 Å². The molecule has 4 aromatic rings. The lowest BCUT2D eigenvalue weighted by atomic mass is 10.1. The fourth-order valence-corrected chi connectivity index (χ4v) is 5.44. The summed E-state index contributed by atoms with van der Waals surface area (Å²) in [4.78, 5) is 8.84. The fraction of sp³-hybridized carbons (Fsp3) is 0.111. The molecule has 2 atom stereocenters. The quantitative estimate of drug-likeness (QED) is 0.283. The van der Waals surface area contributed by atoms with Crippen LogP contribution < -0.4 is 0 Å². The highest BCUT2D eigenvalue weighted by Gasteiger charge is 2.25. The Labute approximate surface area is 163 Å². The van der Waals surface area contributed by atoms with Crippen molar-refractivity contribution in [1.82, 2.24) is 14.5 Å². The van der Waals surface area contributed by atoms with Crippen LogP contribution in [0.15, 0.2) is 71.6 Å². The first-order valence-corrected chi connectivity index (χ1v) is 10.1. The van der Waals surface area contributed by atoms with E-state index in [0.29, 0.717) is 5.02 Å². The fourth-order valence-electron chi connectivity index (χ4n) is 2.52. The molecule has 0 aliphatic rings. The summed E-state index contributed by atoms with van der Waals surface area (Å²) >= 11 is 16.2. The third kappa shape index (κ3) is 3.70. The Kier molecular flexibility index (Phi) is 4.99. The second kappa shape index (κ2) is 7.38. The Hall–Kier alpha value is -1.53. The maximum atomic E-state index is 6.78. The van der Waals surface area contributed by atoms with E-state index in [1.807, 2.05) is 53.2 Å². The molecule has 0 aliphatic carbocycles. The highest BCUT2D eigenvalue weighted by Crippen LogP contribution is 2.46. The van der Waals surface area contributed by atoms with E-state index >= 15 is 0 Å². The smallest absolute Gasteiger partial charge is 0.151 e. The summed E-state index contributed by atoms with van der Waals surface area (Å²) in [6.45, 7) is 0. The van der Waals surface area contributed by atoms with Gasteiger partial charge in [-0.3, -0.25) is 0 Å². The van der Waals surface area contributed by atoms with E-state index in [2.05, 4.69) is 11.1 Å². The first kappa shape index (κ1) is 16.9. The van der Waals surface area contributed by atoms with Crippen LogP contribution in [0.4, 0.5) is 0 Å². The summed E-state index contributed by atoms with van der Waals surface area (Å²) < 4.78 is 4.07. The normalized spacial score (nSPS) is 13.8. The lowest BCUT2D eigenvalue weighted by Crippen LogP contribution is -2.09. The van der Waals surface area contributed by atoms with Gasteiger partial charge >= 0.3 is 0 Å². The van der Waals surface area contributed by atoms with Gasteiger partial charge in [-0.15, -0.1) is 11.3 Å². The molecule has 3 nitrogen and oxygen atoms in total. The zero-order valence-electron chi connectivity index (χ0n) is 12.9. The van der Waals surface area contributed by atoms with Crippen LogP contribution in [-0.2, 0) is 0 Å². The molecular weight excluding hydrogens is 393 g/mol. The number of thiazole rings is 1. The van der Waals surface area contributed by atoms with Crippen molar-refractivity contribution in [3.05, 3.63) is 77.8 Å². The van der Waals surface area contributed by atoms with Crippen molar-refractivity contribution in [2.24, 2.45) is 0 Å². The Bertz CT molecular complexity index is 935. The van der Waals surface area contributed by atoms with Crippen LogP contribution >= 0.6 is 46.3 Å². The molecule has 0 N–H and O–H groups in total. The molecule has 0 saturated heterocycles. The molecule has 0 amide bonds. The first-order chi connectivity index (χ1) is 12.2. The zero-order valence-corrected chi connectivity index (χ0v) is 16.1. The van der Waals surface area contributed by atoms with Gasteiger partial charge in [-0.25, -0.2) is 9.97 Å². The molecule has 0 fully saturated rings. The number of aromatic nitrogens is 3. The largest absolute Gasteiger partial charge is 0.319 e. The molecule has 7 heteroatoms. The van der Waals surface area contributed by atoms with Crippen molar-refractivity contribution >= 4 is 56.5 Å². The second-order valence-electron chi connectivity index (χ2n) is 5.42. The Morgan fingerprint density at radius 2 is 1.88 bits per heavy atom. The number of hydrogen-bond donors (Lipinski definition) is 0. The minimum absolute atomic E-state index is 0.0197. The van der Waals surface area contributed by atoms with E-state index in [1.54, 1.807) is 35.6 Å². The van der Waals surface area contributed by atoms with Crippen LogP contribution in [0, 0.1) is 0 Å². The molecular formula is C18H13Cl2N3S2. The molecule has 126 valence electrons. The summed E-state index contributed by atoms with van der Waals surface area (Å²) in [7, 11) is 0. The van der Waals surface area contributed by atoms with Gasteiger partial charge in [-0.05, 0) is 29.8 Å². The summed E-state index contributed by atoms with van der Waals surface area (Å²) in [5.74, 6) is 0. The van der Waals surface area contributed by atoms with Crippen molar-refractivity contribution in [2.75, 3.05) is 0 Å². The average Bonchev–Trinajstić information content (AvgIpc) is 3.29. The number of rotatable bonds is 5. The number of halogens is 2. The minimum atomic E-state index is -0.291. The number of hydrogen-bond acceptors (Lipinski definition) is 4. The van der Waals surface area contributed by atoms with Gasteiger partial charge in [0.25, 0.3) is 0 Å². The number of fused-ring (bicyclic) bond motifs is 1. The highest BCUT2D eigenvalue weighted by atomic mass is 35.5. The van der Waals surface area contributed by atoms with E-state index in [9.17, 15) is 0 Å². The third-order valence-corrected chi connectivity index (χ3v) is 7.09. The van der Waals surface area contributed by atoms with Gasteiger partial charge in [0.05, 0.1) is 21.8 Å². The molecule has 2 aromatic heterocycles. The summed E-state index contributed by atoms with van der Waals surface area (Å²) in [6, 6.07) is 16.0. The number of imidazole rings is 1. The van der Waals surface area contributed by atoms with Gasteiger partial charge in [0.15, 0.2) is 4.34 Å². The standard InChI is InChI=1S/C18H13Cl2N3S2/c19-13-7-5-12(6-8-13)16(17(20)23-10-9-21-11-23)25-18-22-14-3-1-2-4-15(14)24-18/h1-11,16-17H. The van der Waals surface area contributed by atoms with Crippen LogP contribution in [0.1, 0.15) is 16.3 Å². The second-order valence-corrected chi connectivity index (χ2v) is 8.72. The van der Waals surface area contributed by atoms with Crippen LogP contribution in [0.25, 0.3) is 10.2 Å². The summed E-state index contributed by atoms with van der Waals surface area (Å²) in [6.07, 6.45) is 5.34. The molecule has 2 aromatic carbocycles. The SMILES string of the molecule is Clc1ccc(C(Sc2nc3ccccc3s2)C(Cl)n2ccnc2)cc1. The zero-order chi connectivity index (χ0) is 17.2. The van der Waals surface area contributed by atoms with Crippen LogP contribution in [0.2, 0.25) is 5.02 Å². The topological polar surface area (TPSA) is 30.7 Å². The number of para-hydroxylation sites is 1. The van der Waals surface area contributed by atoms with Crippen LogP contribution in [0.3, 0.4) is 0 Å². The number of benzene rings is 2. The molecule has 0 radical (unpaired) electrons. The van der Waals surface area contributed by atoms with Gasteiger partial charge in [-0.2, -0.15) is 0 Å². The maximum absolute atomic E-state index is 6.78. The van der Waals surface area contributed by atoms with E-state index < -0.39 is 0 Å². The molecule has 0 saturated carbocycles. The molecule has 25 heavy (non-hydrogen) atoms. The van der Waals surface area contributed by atoms with Crippen molar-refractivity contribution in [3.63, 3.8) is 0 Å². The predicted octanol–water partition coefficient (Wildman–Crippen LogP) is 6.42. The van der Waals surface area contributed by atoms with Crippen molar-refractivity contribution in [3.8, 4) is 0 Å². The van der Waals surface area contributed by atoms with E-state index in [0.717, 1.165) is 15.4 Å². The van der Waals surface area contributed by atoms with Crippen molar-refractivity contribution in [1.29, 1.82) is 0 Å². The maximum Gasteiger partial charge on any atom is 0.151 e. The third-order valence-electron chi connectivity index (χ3n) is 3.76. The van der Waals surface area contributed by atoms with E-state index in [4.69, 9.17) is 28.2 Å². The molecule has 4 rings (SSSR count). The Morgan fingerprint density at radius 3 is 2.60 bits per heavy atom. The first-order valence-electron chi connectivity index (χ1n) is 7.60. The Morgan fingerprint density at radius 1 is 1.08 bits per heavy atom. The van der Waals surface area contributed by atoms with Crippen molar-refractivity contribution < 1.29 is 0 Å². The average molecular weight is 406 g/mol. The molecule has 0 aliphatic heterocycles. The van der Waals surface area contributed by atoms with Gasteiger partial charge in [0, 0.05) is 17.4 Å². The highest BCUT2D eigenvalue weighted by molar-refractivity contribution is 8.01. The molecule has 0 bridgehead atoms. The van der Waals surface area contributed by atoms with Crippen LogP contribution in [-0.4, -0.2) is 14.5 Å². The van der Waals surface area contributed by atoms with Gasteiger partial charge in [-0.1, -0.05) is 59.2 Å². The Balaban J connectivity index is 1.70. The monoisotopic (exact) mass is 405 g/mol. The van der Waals surface area contributed by atoms with Gasteiger partial charge < -0.3 is 4.57 Å². The molecule has 2 unspecified atom stereocenters. The van der Waals surface area contributed by atoms with E-state index in [-0.39, 0.29) is 10.8 Å². The number of nitrogens with zero attached hydrogens (tertiary/aromatic N) is 3. The number of thioether (sulfide) groups is 1. The predicted molar refractivity (Wildman–Crippen MR) is 107 cm³/mol. The molecule has 2 heterocycles. The summed E-state index contributed by atoms with van der Waals surface area (Å²) in [5, 5.41) is 0.690. The van der Waals surface area contributed by atoms with E-state index in [1.165, 1.54) is 4.70 Å². The summed E-state index contributed by atoms with van der Waals surface area (Å²) in [5.41, 5.74) is 1.82. The number of alkyl halides is 1. The molecule has 0 spiro atoms. The lowest BCUT2D eigenvalue weighted by molar-refractivity contribution is 0.651. The van der Waals surface area contributed by atoms with Gasteiger partial charge in [0.2, 0.25) is 0 Å². The minimum Gasteiger partial charge on any atom is -0.319 e. The van der Waals surface area contributed by atoms with Crippen LogP contribution in [0.5, 0.6) is 0 Å².